The first-order chi connectivity index (χ1) is 27.7. The monoisotopic (exact) mass is 839 g/mol. The average molecular weight is 840 g/mol. The number of benzene rings is 2. The van der Waals surface area contributed by atoms with Crippen molar-refractivity contribution in [2.24, 2.45) is 5.92 Å². The molecule has 0 spiro atoms. The number of hydrogen-bond acceptors (Lipinski definition) is 9. The largest absolute Gasteiger partial charge is 0.449 e. The van der Waals surface area contributed by atoms with Crippen molar-refractivity contribution in [1.29, 1.82) is 0 Å². The minimum Gasteiger partial charge on any atom is -0.449 e. The minimum atomic E-state index is -4.67. The molecule has 0 saturated carbocycles. The Kier molecular flexibility index (Phi) is 15.9. The molecule has 3 atom stereocenters. The Balaban J connectivity index is 1.57. The molecule has 2 heterocycles. The molecule has 3 N–H and O–H groups in total. The molecule has 4 rings (SSSR count). The molecule has 59 heavy (non-hydrogen) atoms. The van der Waals surface area contributed by atoms with Crippen LogP contribution >= 0.6 is 0 Å². The second-order valence-electron chi connectivity index (χ2n) is 15.2. The van der Waals surface area contributed by atoms with Crippen molar-refractivity contribution in [3.63, 3.8) is 0 Å². The van der Waals surface area contributed by atoms with Crippen LogP contribution in [0.25, 0.3) is 0 Å². The van der Waals surface area contributed by atoms with Crippen LogP contribution in [-0.2, 0) is 30.2 Å². The van der Waals surface area contributed by atoms with E-state index in [1.807, 2.05) is 13.8 Å². The van der Waals surface area contributed by atoms with E-state index in [0.717, 1.165) is 30.5 Å². The van der Waals surface area contributed by atoms with E-state index in [1.54, 1.807) is 26.1 Å². The molecule has 1 fully saturated rings. The number of morpholine rings is 1. The van der Waals surface area contributed by atoms with E-state index in [0.29, 0.717) is 11.1 Å². The molecular formula is C40H47F6N5O8. The lowest BCUT2D eigenvalue weighted by molar-refractivity contribution is -0.124. The van der Waals surface area contributed by atoms with Crippen LogP contribution in [0.15, 0.2) is 60.9 Å². The van der Waals surface area contributed by atoms with Crippen molar-refractivity contribution < 1.29 is 64.5 Å². The zero-order chi connectivity index (χ0) is 43.5. The lowest BCUT2D eigenvalue weighted by atomic mass is 9.84. The highest BCUT2D eigenvalue weighted by Gasteiger charge is 2.37. The van der Waals surface area contributed by atoms with Crippen molar-refractivity contribution in [2.75, 3.05) is 38.2 Å². The van der Waals surface area contributed by atoms with E-state index in [-0.39, 0.29) is 49.8 Å². The highest BCUT2D eigenvalue weighted by atomic mass is 19.4. The number of aromatic nitrogens is 1. The van der Waals surface area contributed by atoms with Gasteiger partial charge in [0.1, 0.15) is 42.2 Å². The second kappa shape index (κ2) is 20.4. The van der Waals surface area contributed by atoms with E-state index in [2.05, 4.69) is 15.6 Å². The predicted octanol–water partition coefficient (Wildman–Crippen LogP) is 7.25. The maximum absolute atomic E-state index is 15.5. The molecule has 3 unspecified atom stereocenters. The highest BCUT2D eigenvalue weighted by molar-refractivity contribution is 5.98. The molecule has 1 aromatic heterocycles. The SMILES string of the molecule is CC(C)COC(=O)NC(C(=O)Nc1cncc(F)c1CCC1CN(C(=O)OC(C)(C)C)C(COC(=O)NCC(F)(F)F)CO1)C(c1ccc(F)cc1)c1ccc(F)cc1. The number of alkyl carbamates (subject to hydrolysis) is 2. The first kappa shape index (κ1) is 46.1. The standard InChI is InChI=1S/C40H47F6N5O8/c1-23(2)19-57-37(54)50-34(33(24-6-10-26(41)11-7-24)25-8-12-27(42)13-9-25)35(52)49-32-17-47-16-31(43)30(32)15-14-29-18-51(38(55)59-39(3,4)5)28(20-56-29)21-58-36(53)48-22-40(44,45)46/h6-13,16-17,23,28-29,33-34H,14-15,18-22H2,1-5H3,(H,48,53)(H,49,52)(H,50,54). The Hall–Kier alpha value is -5.59. The number of anilines is 1. The number of hydrogen-bond donors (Lipinski definition) is 3. The summed E-state index contributed by atoms with van der Waals surface area (Å²) >= 11 is 0. The molecule has 1 saturated heterocycles. The molecule has 19 heteroatoms. The van der Waals surface area contributed by atoms with Gasteiger partial charge in [-0.05, 0) is 74.9 Å². The number of pyridine rings is 1. The number of amides is 4. The summed E-state index contributed by atoms with van der Waals surface area (Å²) in [6.45, 7) is 5.97. The zero-order valence-electron chi connectivity index (χ0n) is 33.0. The van der Waals surface area contributed by atoms with Crippen molar-refractivity contribution in [3.05, 3.63) is 95.1 Å². The maximum atomic E-state index is 15.5. The Morgan fingerprint density at radius 1 is 0.898 bits per heavy atom. The zero-order valence-corrected chi connectivity index (χ0v) is 33.0. The van der Waals surface area contributed by atoms with Gasteiger partial charge in [0.2, 0.25) is 5.91 Å². The summed E-state index contributed by atoms with van der Waals surface area (Å²) in [5, 5.41) is 6.80. The summed E-state index contributed by atoms with van der Waals surface area (Å²) in [6.07, 6.45) is -6.48. The smallest absolute Gasteiger partial charge is 0.410 e. The summed E-state index contributed by atoms with van der Waals surface area (Å²) in [5.41, 5.74) is -0.305. The third-order valence-electron chi connectivity index (χ3n) is 8.71. The molecule has 0 radical (unpaired) electrons. The van der Waals surface area contributed by atoms with Crippen LogP contribution in [0.2, 0.25) is 0 Å². The fraction of sp³-hybridized carbons (Fsp3) is 0.475. The lowest BCUT2D eigenvalue weighted by Crippen LogP contribution is -2.55. The highest BCUT2D eigenvalue weighted by Crippen LogP contribution is 2.31. The molecule has 322 valence electrons. The Labute approximate surface area is 337 Å². The van der Waals surface area contributed by atoms with E-state index < -0.39 is 90.7 Å². The van der Waals surface area contributed by atoms with Gasteiger partial charge in [-0.1, -0.05) is 38.1 Å². The summed E-state index contributed by atoms with van der Waals surface area (Å²) in [6, 6.07) is 7.84. The van der Waals surface area contributed by atoms with Crippen molar-refractivity contribution in [1.82, 2.24) is 20.5 Å². The van der Waals surface area contributed by atoms with Crippen LogP contribution < -0.4 is 16.0 Å². The van der Waals surface area contributed by atoms with Crippen molar-refractivity contribution >= 4 is 29.9 Å². The molecular weight excluding hydrogens is 792 g/mol. The summed E-state index contributed by atoms with van der Waals surface area (Å²) in [4.78, 5) is 57.6. The maximum Gasteiger partial charge on any atom is 0.410 e. The lowest BCUT2D eigenvalue weighted by Gasteiger charge is -2.39. The number of alkyl halides is 3. The van der Waals surface area contributed by atoms with Crippen molar-refractivity contribution in [2.45, 2.75) is 83.3 Å². The first-order valence-electron chi connectivity index (χ1n) is 18.6. The average Bonchev–Trinajstić information content (AvgIpc) is 3.15. The van der Waals surface area contributed by atoms with E-state index in [4.69, 9.17) is 18.9 Å². The number of carbonyl (C=O) groups is 4. The van der Waals surface area contributed by atoms with Crippen LogP contribution in [0, 0.1) is 23.4 Å². The summed E-state index contributed by atoms with van der Waals surface area (Å²) in [7, 11) is 0. The number of rotatable bonds is 14. The Morgan fingerprint density at radius 2 is 1.51 bits per heavy atom. The minimum absolute atomic E-state index is 0.00948. The van der Waals surface area contributed by atoms with E-state index in [1.165, 1.54) is 35.4 Å². The van der Waals surface area contributed by atoms with Crippen LogP contribution in [0.5, 0.6) is 0 Å². The number of ether oxygens (including phenoxy) is 4. The number of nitrogens with zero attached hydrogens (tertiary/aromatic N) is 2. The van der Waals surface area contributed by atoms with E-state index in [9.17, 15) is 41.1 Å². The van der Waals surface area contributed by atoms with Crippen LogP contribution in [0.3, 0.4) is 0 Å². The number of carbonyl (C=O) groups excluding carboxylic acids is 4. The predicted molar refractivity (Wildman–Crippen MR) is 201 cm³/mol. The van der Waals surface area contributed by atoms with Gasteiger partial charge in [0.15, 0.2) is 0 Å². The topological polar surface area (TPSA) is 157 Å². The number of halogens is 6. The molecule has 3 aromatic rings. The first-order valence-corrected chi connectivity index (χ1v) is 18.6. The van der Waals surface area contributed by atoms with Gasteiger partial charge in [-0.2, -0.15) is 13.2 Å². The number of nitrogens with one attached hydrogen (secondary N) is 3. The molecule has 1 aliphatic rings. The van der Waals surface area contributed by atoms with Gasteiger partial charge < -0.3 is 34.9 Å². The molecule has 0 bridgehead atoms. The fourth-order valence-electron chi connectivity index (χ4n) is 5.98. The Bertz CT molecular complexity index is 1850. The van der Waals surface area contributed by atoms with Crippen LogP contribution in [0.1, 0.15) is 63.6 Å². The Morgan fingerprint density at radius 3 is 2.07 bits per heavy atom. The third-order valence-corrected chi connectivity index (χ3v) is 8.71. The van der Waals surface area contributed by atoms with Crippen molar-refractivity contribution in [3.8, 4) is 0 Å². The van der Waals surface area contributed by atoms with Gasteiger partial charge in [0, 0.05) is 11.5 Å². The quantitative estimate of drug-likeness (QED) is 0.112. The van der Waals surface area contributed by atoms with Gasteiger partial charge in [-0.15, -0.1) is 0 Å². The van der Waals surface area contributed by atoms with Gasteiger partial charge in [0.05, 0.1) is 50.0 Å². The molecule has 4 amide bonds. The molecule has 13 nitrogen and oxygen atoms in total. The van der Waals surface area contributed by atoms with Gasteiger partial charge in [-0.25, -0.2) is 27.6 Å². The molecule has 1 aliphatic heterocycles. The van der Waals surface area contributed by atoms with Gasteiger partial charge in [-0.3, -0.25) is 14.7 Å². The summed E-state index contributed by atoms with van der Waals surface area (Å²) < 4.78 is 103. The van der Waals surface area contributed by atoms with Crippen LogP contribution in [0.4, 0.5) is 46.4 Å². The summed E-state index contributed by atoms with van der Waals surface area (Å²) in [5.74, 6) is -3.89. The third kappa shape index (κ3) is 14.6. The van der Waals surface area contributed by atoms with E-state index >= 15 is 4.39 Å². The second-order valence-corrected chi connectivity index (χ2v) is 15.2. The molecule has 2 aromatic carbocycles. The fourth-order valence-corrected chi connectivity index (χ4v) is 5.98. The molecule has 0 aliphatic carbocycles. The normalized spacial score (nSPS) is 16.3. The van der Waals surface area contributed by atoms with Gasteiger partial charge >= 0.3 is 24.5 Å². The van der Waals surface area contributed by atoms with Crippen LogP contribution in [-0.4, -0.2) is 96.9 Å². The van der Waals surface area contributed by atoms with Gasteiger partial charge in [0.25, 0.3) is 0 Å².